The molecule has 1 rings (SSSR count). The van der Waals surface area contributed by atoms with Crippen molar-refractivity contribution in [3.63, 3.8) is 0 Å². The molecule has 3 N–H and O–H groups in total. The topological polar surface area (TPSA) is 55.1 Å². The Balaban J connectivity index is 2.73. The fraction of sp³-hybridized carbons (Fsp3) is 0.417. The molecule has 1 amide bonds. The summed E-state index contributed by atoms with van der Waals surface area (Å²) < 4.78 is 0. The summed E-state index contributed by atoms with van der Waals surface area (Å²) in [6.07, 6.45) is 0.294. The van der Waals surface area contributed by atoms with Crippen molar-refractivity contribution in [2.24, 2.45) is 5.73 Å². The molecular weight excluding hydrogens is 259 g/mol. The Morgan fingerprint density at radius 2 is 2.06 bits per heavy atom. The molecule has 94 valence electrons. The zero-order valence-electron chi connectivity index (χ0n) is 9.84. The number of hydrogen-bond donors (Lipinski definition) is 2. The summed E-state index contributed by atoms with van der Waals surface area (Å²) in [5.41, 5.74) is 6.36. The first kappa shape index (κ1) is 14.3. The molecule has 0 bridgehead atoms. The third kappa shape index (κ3) is 4.19. The fourth-order valence-electron chi connectivity index (χ4n) is 1.53. The Hall–Kier alpha value is -0.770. The molecule has 0 aliphatic rings. The van der Waals surface area contributed by atoms with Gasteiger partial charge in [0.2, 0.25) is 5.91 Å². The number of hydrogen-bond acceptors (Lipinski definition) is 2. The molecule has 0 heterocycles. The van der Waals surface area contributed by atoms with Crippen LogP contribution in [0.3, 0.4) is 0 Å². The first-order chi connectivity index (χ1) is 7.91. The van der Waals surface area contributed by atoms with Crippen molar-refractivity contribution in [1.29, 1.82) is 0 Å². The van der Waals surface area contributed by atoms with E-state index in [0.29, 0.717) is 16.5 Å². The van der Waals surface area contributed by atoms with Crippen molar-refractivity contribution in [2.45, 2.75) is 32.4 Å². The van der Waals surface area contributed by atoms with Crippen LogP contribution in [-0.2, 0) is 4.79 Å². The molecule has 5 heteroatoms. The highest BCUT2D eigenvalue weighted by Gasteiger charge is 2.14. The van der Waals surface area contributed by atoms with Gasteiger partial charge in [-0.15, -0.1) is 0 Å². The SMILES string of the molecule is CC(N)CC(=O)NC(C)c1cccc(Cl)c1Cl. The van der Waals surface area contributed by atoms with E-state index in [1.54, 1.807) is 19.1 Å². The number of nitrogens with one attached hydrogen (secondary N) is 1. The highest BCUT2D eigenvalue weighted by atomic mass is 35.5. The monoisotopic (exact) mass is 274 g/mol. The largest absolute Gasteiger partial charge is 0.349 e. The minimum absolute atomic E-state index is 0.0939. The van der Waals surface area contributed by atoms with Gasteiger partial charge in [0.25, 0.3) is 0 Å². The molecule has 0 aliphatic carbocycles. The van der Waals surface area contributed by atoms with Gasteiger partial charge in [0.1, 0.15) is 0 Å². The minimum atomic E-state index is -0.188. The Labute approximate surface area is 111 Å². The molecule has 0 fully saturated rings. The Morgan fingerprint density at radius 3 is 2.65 bits per heavy atom. The lowest BCUT2D eigenvalue weighted by atomic mass is 10.1. The van der Waals surface area contributed by atoms with Crippen LogP contribution in [0.2, 0.25) is 10.0 Å². The molecule has 3 nitrogen and oxygen atoms in total. The first-order valence-electron chi connectivity index (χ1n) is 5.40. The molecule has 2 unspecified atom stereocenters. The van der Waals surface area contributed by atoms with Crippen molar-refractivity contribution in [3.8, 4) is 0 Å². The maximum Gasteiger partial charge on any atom is 0.222 e. The average Bonchev–Trinajstić information content (AvgIpc) is 2.20. The van der Waals surface area contributed by atoms with Gasteiger partial charge in [0.15, 0.2) is 0 Å². The lowest BCUT2D eigenvalue weighted by Gasteiger charge is -2.17. The van der Waals surface area contributed by atoms with Crippen molar-refractivity contribution in [1.82, 2.24) is 5.32 Å². The Bertz CT molecular complexity index is 407. The van der Waals surface area contributed by atoms with E-state index in [2.05, 4.69) is 5.32 Å². The number of rotatable bonds is 4. The minimum Gasteiger partial charge on any atom is -0.349 e. The summed E-state index contributed by atoms with van der Waals surface area (Å²) in [4.78, 5) is 11.6. The second kappa shape index (κ2) is 6.24. The molecule has 1 aromatic carbocycles. The van der Waals surface area contributed by atoms with E-state index < -0.39 is 0 Å². The Kier molecular flexibility index (Phi) is 5.25. The van der Waals surface area contributed by atoms with Gasteiger partial charge in [-0.05, 0) is 25.5 Å². The van der Waals surface area contributed by atoms with Crippen LogP contribution < -0.4 is 11.1 Å². The van der Waals surface area contributed by atoms with Crippen LogP contribution in [0.5, 0.6) is 0 Å². The van der Waals surface area contributed by atoms with Gasteiger partial charge < -0.3 is 11.1 Å². The van der Waals surface area contributed by atoms with Gasteiger partial charge in [-0.3, -0.25) is 4.79 Å². The molecule has 0 saturated carbocycles. The molecule has 0 aliphatic heterocycles. The molecule has 1 aromatic rings. The molecule has 0 radical (unpaired) electrons. The number of halogens is 2. The maximum absolute atomic E-state index is 11.6. The molecule has 0 spiro atoms. The second-order valence-electron chi connectivity index (χ2n) is 4.11. The van der Waals surface area contributed by atoms with Gasteiger partial charge in [-0.25, -0.2) is 0 Å². The number of benzene rings is 1. The molecular formula is C12H16Cl2N2O. The zero-order valence-corrected chi connectivity index (χ0v) is 11.3. The van der Waals surface area contributed by atoms with E-state index in [-0.39, 0.29) is 18.0 Å². The normalized spacial score (nSPS) is 14.2. The summed E-state index contributed by atoms with van der Waals surface area (Å²) in [7, 11) is 0. The van der Waals surface area contributed by atoms with E-state index >= 15 is 0 Å². The number of nitrogens with two attached hydrogens (primary N) is 1. The molecule has 0 saturated heterocycles. The van der Waals surface area contributed by atoms with Crippen LogP contribution in [0, 0.1) is 0 Å². The fourth-order valence-corrected chi connectivity index (χ4v) is 2.00. The van der Waals surface area contributed by atoms with E-state index in [1.165, 1.54) is 0 Å². The standard InChI is InChI=1S/C12H16Cl2N2O/c1-7(15)6-11(17)16-8(2)9-4-3-5-10(13)12(9)14/h3-5,7-8H,6,15H2,1-2H3,(H,16,17). The number of amides is 1. The smallest absolute Gasteiger partial charge is 0.222 e. The summed E-state index contributed by atoms with van der Waals surface area (Å²) >= 11 is 12.0. The van der Waals surface area contributed by atoms with E-state index in [0.717, 1.165) is 5.56 Å². The highest BCUT2D eigenvalue weighted by molar-refractivity contribution is 6.42. The van der Waals surface area contributed by atoms with Crippen LogP contribution in [0.4, 0.5) is 0 Å². The van der Waals surface area contributed by atoms with Crippen molar-refractivity contribution in [3.05, 3.63) is 33.8 Å². The number of carbonyl (C=O) groups is 1. The maximum atomic E-state index is 11.6. The molecule has 0 aromatic heterocycles. The van der Waals surface area contributed by atoms with Crippen LogP contribution in [0.1, 0.15) is 31.9 Å². The van der Waals surface area contributed by atoms with Crippen molar-refractivity contribution >= 4 is 29.1 Å². The molecule has 17 heavy (non-hydrogen) atoms. The highest BCUT2D eigenvalue weighted by Crippen LogP contribution is 2.29. The first-order valence-corrected chi connectivity index (χ1v) is 6.16. The van der Waals surface area contributed by atoms with Crippen molar-refractivity contribution < 1.29 is 4.79 Å². The molecule has 2 atom stereocenters. The summed E-state index contributed by atoms with van der Waals surface area (Å²) in [5, 5.41) is 3.79. The van der Waals surface area contributed by atoms with E-state index in [9.17, 15) is 4.79 Å². The predicted octanol–water partition coefficient (Wildman–Crippen LogP) is 2.91. The summed E-state index contributed by atoms with van der Waals surface area (Å²) in [6.45, 7) is 3.65. The van der Waals surface area contributed by atoms with Crippen LogP contribution >= 0.6 is 23.2 Å². The third-order valence-corrected chi connectivity index (χ3v) is 3.17. The summed E-state index contributed by atoms with van der Waals surface area (Å²) in [6, 6.07) is 5.01. The van der Waals surface area contributed by atoms with E-state index in [4.69, 9.17) is 28.9 Å². The van der Waals surface area contributed by atoms with Crippen molar-refractivity contribution in [2.75, 3.05) is 0 Å². The van der Waals surface area contributed by atoms with Crippen LogP contribution in [0.25, 0.3) is 0 Å². The Morgan fingerprint density at radius 1 is 1.41 bits per heavy atom. The third-order valence-electron chi connectivity index (χ3n) is 2.33. The van der Waals surface area contributed by atoms with Crippen LogP contribution in [-0.4, -0.2) is 11.9 Å². The van der Waals surface area contributed by atoms with Gasteiger partial charge in [-0.1, -0.05) is 35.3 Å². The van der Waals surface area contributed by atoms with Gasteiger partial charge in [0.05, 0.1) is 16.1 Å². The number of carbonyl (C=O) groups excluding carboxylic acids is 1. The lowest BCUT2D eigenvalue weighted by molar-refractivity contribution is -0.121. The van der Waals surface area contributed by atoms with Gasteiger partial charge in [0, 0.05) is 12.5 Å². The average molecular weight is 275 g/mol. The lowest BCUT2D eigenvalue weighted by Crippen LogP contribution is -2.31. The zero-order chi connectivity index (χ0) is 13.0. The summed E-state index contributed by atoms with van der Waals surface area (Å²) in [5.74, 6) is -0.0939. The quantitative estimate of drug-likeness (QED) is 0.887. The van der Waals surface area contributed by atoms with Crippen LogP contribution in [0.15, 0.2) is 18.2 Å². The van der Waals surface area contributed by atoms with E-state index in [1.807, 2.05) is 13.0 Å². The van der Waals surface area contributed by atoms with Gasteiger partial charge in [-0.2, -0.15) is 0 Å². The predicted molar refractivity (Wildman–Crippen MR) is 71.3 cm³/mol. The second-order valence-corrected chi connectivity index (χ2v) is 4.90. The van der Waals surface area contributed by atoms with Gasteiger partial charge >= 0.3 is 0 Å².